The van der Waals surface area contributed by atoms with Crippen LogP contribution in [0.3, 0.4) is 0 Å². The number of benzene rings is 2. The summed E-state index contributed by atoms with van der Waals surface area (Å²) in [6.45, 7) is 2.44. The summed E-state index contributed by atoms with van der Waals surface area (Å²) in [6.07, 6.45) is 2.23. The molecular weight excluding hydrogens is 498 g/mol. The summed E-state index contributed by atoms with van der Waals surface area (Å²) in [6, 6.07) is 14.2. The van der Waals surface area contributed by atoms with Crippen molar-refractivity contribution in [3.05, 3.63) is 64.1 Å². The molecular formula is C25H30BrN5O3. The maximum atomic E-state index is 13.5. The normalized spacial score (nSPS) is 22.4. The van der Waals surface area contributed by atoms with E-state index in [-0.39, 0.29) is 37.0 Å². The van der Waals surface area contributed by atoms with Gasteiger partial charge < -0.3 is 21.3 Å². The highest BCUT2D eigenvalue weighted by Crippen LogP contribution is 2.23. The van der Waals surface area contributed by atoms with Gasteiger partial charge in [-0.25, -0.2) is 4.79 Å². The summed E-state index contributed by atoms with van der Waals surface area (Å²) in [5, 5.41) is 5.92. The standard InChI is InChI=1S/C25H30BrN5O3/c1-16-4-2-5-17(14-16)24(33)30-12-13-31(25(34)29-21-7-3-6-18(26)15-21)23(30)22(32)28-20-10-8-19(27)9-11-20/h2-7,14-15,19-20,23H,8-13,27H2,1H3,(H,28,32)(H,29,34). The Kier molecular flexibility index (Phi) is 7.53. The number of amides is 4. The molecule has 1 saturated heterocycles. The van der Waals surface area contributed by atoms with Gasteiger partial charge in [-0.1, -0.05) is 39.7 Å². The number of nitrogens with one attached hydrogen (secondary N) is 2. The molecule has 2 aromatic rings. The van der Waals surface area contributed by atoms with Crippen LogP contribution in [0.2, 0.25) is 0 Å². The van der Waals surface area contributed by atoms with Gasteiger partial charge in [0.2, 0.25) is 0 Å². The fourth-order valence-corrected chi connectivity index (χ4v) is 4.98. The van der Waals surface area contributed by atoms with Crippen LogP contribution in [0.5, 0.6) is 0 Å². The summed E-state index contributed by atoms with van der Waals surface area (Å²) < 4.78 is 0.827. The molecule has 0 radical (unpaired) electrons. The fourth-order valence-electron chi connectivity index (χ4n) is 4.58. The van der Waals surface area contributed by atoms with E-state index in [0.717, 1.165) is 35.7 Å². The molecule has 9 heteroatoms. The van der Waals surface area contributed by atoms with Crippen LogP contribution in [0.4, 0.5) is 10.5 Å². The van der Waals surface area contributed by atoms with E-state index in [2.05, 4.69) is 26.6 Å². The first-order valence-electron chi connectivity index (χ1n) is 11.6. The first kappa shape index (κ1) is 24.2. The van der Waals surface area contributed by atoms with Gasteiger partial charge in [0.1, 0.15) is 0 Å². The molecule has 4 amide bonds. The molecule has 8 nitrogen and oxygen atoms in total. The second-order valence-electron chi connectivity index (χ2n) is 9.00. The average Bonchev–Trinajstić information content (AvgIpc) is 3.26. The topological polar surface area (TPSA) is 108 Å². The van der Waals surface area contributed by atoms with Gasteiger partial charge in [0.25, 0.3) is 11.8 Å². The van der Waals surface area contributed by atoms with Crippen LogP contribution < -0.4 is 16.4 Å². The lowest BCUT2D eigenvalue weighted by molar-refractivity contribution is -0.128. The van der Waals surface area contributed by atoms with Crippen molar-refractivity contribution in [3.8, 4) is 0 Å². The van der Waals surface area contributed by atoms with Crippen molar-refractivity contribution in [1.82, 2.24) is 15.1 Å². The molecule has 0 spiro atoms. The molecule has 4 rings (SSSR count). The summed E-state index contributed by atoms with van der Waals surface area (Å²) in [5.41, 5.74) is 8.05. The highest BCUT2D eigenvalue weighted by Gasteiger charge is 2.43. The largest absolute Gasteiger partial charge is 0.350 e. The van der Waals surface area contributed by atoms with E-state index in [1.807, 2.05) is 31.2 Å². The number of nitrogens with two attached hydrogens (primary N) is 1. The summed E-state index contributed by atoms with van der Waals surface area (Å²) in [7, 11) is 0. The Hall–Kier alpha value is -2.91. The predicted octanol–water partition coefficient (Wildman–Crippen LogP) is 3.46. The Bertz CT molecular complexity index is 1070. The number of aryl methyl sites for hydroxylation is 1. The Morgan fingerprint density at radius 2 is 1.68 bits per heavy atom. The number of halogens is 1. The van der Waals surface area contributed by atoms with Gasteiger partial charge in [-0.2, -0.15) is 0 Å². The van der Waals surface area contributed by atoms with E-state index < -0.39 is 12.2 Å². The molecule has 0 bridgehead atoms. The predicted molar refractivity (Wildman–Crippen MR) is 134 cm³/mol. The van der Waals surface area contributed by atoms with Gasteiger partial charge in [-0.3, -0.25) is 14.5 Å². The number of anilines is 1. The van der Waals surface area contributed by atoms with Gasteiger partial charge in [0.15, 0.2) is 6.17 Å². The van der Waals surface area contributed by atoms with Crippen LogP contribution in [0.25, 0.3) is 0 Å². The van der Waals surface area contributed by atoms with Crippen LogP contribution in [0, 0.1) is 6.92 Å². The number of hydrogen-bond acceptors (Lipinski definition) is 4. The molecule has 1 saturated carbocycles. The third-order valence-corrected chi connectivity index (χ3v) is 6.88. The lowest BCUT2D eigenvalue weighted by atomic mass is 9.92. The van der Waals surface area contributed by atoms with Crippen molar-refractivity contribution in [1.29, 1.82) is 0 Å². The molecule has 0 aromatic heterocycles. The van der Waals surface area contributed by atoms with E-state index in [1.165, 1.54) is 9.80 Å². The van der Waals surface area contributed by atoms with E-state index >= 15 is 0 Å². The molecule has 1 unspecified atom stereocenters. The Morgan fingerprint density at radius 1 is 0.971 bits per heavy atom. The Balaban J connectivity index is 1.56. The van der Waals surface area contributed by atoms with E-state index in [4.69, 9.17) is 5.73 Å². The van der Waals surface area contributed by atoms with Crippen LogP contribution in [-0.2, 0) is 4.79 Å². The van der Waals surface area contributed by atoms with Crippen LogP contribution in [-0.4, -0.2) is 59.0 Å². The van der Waals surface area contributed by atoms with E-state index in [1.54, 1.807) is 24.3 Å². The summed E-state index contributed by atoms with van der Waals surface area (Å²) in [5.74, 6) is -0.615. The molecule has 1 heterocycles. The maximum Gasteiger partial charge on any atom is 0.323 e. The monoisotopic (exact) mass is 527 g/mol. The molecule has 34 heavy (non-hydrogen) atoms. The lowest BCUT2D eigenvalue weighted by Crippen LogP contribution is -2.56. The van der Waals surface area contributed by atoms with Crippen molar-refractivity contribution in [2.24, 2.45) is 5.73 Å². The minimum absolute atomic E-state index is 0.0150. The molecule has 1 aliphatic carbocycles. The molecule has 1 atom stereocenters. The highest BCUT2D eigenvalue weighted by molar-refractivity contribution is 9.10. The molecule has 2 aliphatic rings. The zero-order valence-electron chi connectivity index (χ0n) is 19.2. The van der Waals surface area contributed by atoms with Gasteiger partial charge >= 0.3 is 6.03 Å². The van der Waals surface area contributed by atoms with Crippen molar-refractivity contribution < 1.29 is 14.4 Å². The molecule has 2 fully saturated rings. The number of hydrogen-bond donors (Lipinski definition) is 3. The van der Waals surface area contributed by atoms with Crippen LogP contribution in [0.15, 0.2) is 53.0 Å². The van der Waals surface area contributed by atoms with Gasteiger partial charge in [-0.15, -0.1) is 0 Å². The Labute approximate surface area is 208 Å². The molecule has 2 aromatic carbocycles. The van der Waals surface area contributed by atoms with E-state index in [9.17, 15) is 14.4 Å². The second kappa shape index (κ2) is 10.6. The molecule has 4 N–H and O–H groups in total. The van der Waals surface area contributed by atoms with Gasteiger partial charge in [0.05, 0.1) is 0 Å². The summed E-state index contributed by atoms with van der Waals surface area (Å²) in [4.78, 5) is 43.0. The number of nitrogens with zero attached hydrogens (tertiary/aromatic N) is 2. The average molecular weight is 528 g/mol. The smallest absolute Gasteiger partial charge is 0.323 e. The number of carbonyl (C=O) groups excluding carboxylic acids is 3. The maximum absolute atomic E-state index is 13.5. The lowest BCUT2D eigenvalue weighted by Gasteiger charge is -2.32. The van der Waals surface area contributed by atoms with E-state index in [0.29, 0.717) is 11.3 Å². The number of carbonyl (C=O) groups is 3. The summed E-state index contributed by atoms with van der Waals surface area (Å²) >= 11 is 3.40. The SMILES string of the molecule is Cc1cccc(C(=O)N2CCN(C(=O)Nc3cccc(Br)c3)C2C(=O)NC2CCC(N)CC2)c1. The van der Waals surface area contributed by atoms with Gasteiger partial charge in [0, 0.05) is 40.9 Å². The second-order valence-corrected chi connectivity index (χ2v) is 9.91. The molecule has 1 aliphatic heterocycles. The first-order valence-corrected chi connectivity index (χ1v) is 12.4. The van der Waals surface area contributed by atoms with Crippen molar-refractivity contribution >= 4 is 39.5 Å². The number of rotatable bonds is 4. The van der Waals surface area contributed by atoms with Crippen molar-refractivity contribution in [2.45, 2.75) is 50.9 Å². The third kappa shape index (κ3) is 5.59. The quantitative estimate of drug-likeness (QED) is 0.565. The van der Waals surface area contributed by atoms with Crippen LogP contribution >= 0.6 is 15.9 Å². The Morgan fingerprint density at radius 3 is 2.38 bits per heavy atom. The number of urea groups is 1. The minimum Gasteiger partial charge on any atom is -0.350 e. The molecule has 180 valence electrons. The zero-order valence-corrected chi connectivity index (χ0v) is 20.8. The van der Waals surface area contributed by atoms with Gasteiger partial charge in [-0.05, 0) is 62.9 Å². The van der Waals surface area contributed by atoms with Crippen LogP contribution in [0.1, 0.15) is 41.6 Å². The van der Waals surface area contributed by atoms with Crippen molar-refractivity contribution in [3.63, 3.8) is 0 Å². The van der Waals surface area contributed by atoms with Crippen molar-refractivity contribution in [2.75, 3.05) is 18.4 Å². The fraction of sp³-hybridized carbons (Fsp3) is 0.400. The first-order chi connectivity index (χ1) is 16.3. The zero-order chi connectivity index (χ0) is 24.2. The third-order valence-electron chi connectivity index (χ3n) is 6.39. The highest BCUT2D eigenvalue weighted by atomic mass is 79.9. The minimum atomic E-state index is -1.03.